The van der Waals surface area contributed by atoms with E-state index in [4.69, 9.17) is 16.3 Å². The number of hydrogen-bond acceptors (Lipinski definition) is 2. The molecule has 1 amide bonds. The summed E-state index contributed by atoms with van der Waals surface area (Å²) in [6.07, 6.45) is 3.42. The molecule has 4 heteroatoms. The van der Waals surface area contributed by atoms with Crippen molar-refractivity contribution in [2.75, 3.05) is 13.2 Å². The lowest BCUT2D eigenvalue weighted by Gasteiger charge is -2.28. The molecule has 3 nitrogen and oxygen atoms in total. The standard InChI is InChI=1S/C15H18ClNO2/c1-3-17-14(6-5-7-15(17)18)12-9-8-11(19-4-2)10-13(12)16/h6,8-10H,3-5,7H2,1-2H3. The number of amides is 1. The minimum atomic E-state index is 0.157. The van der Waals surface area contributed by atoms with Crippen molar-refractivity contribution in [3.8, 4) is 5.75 Å². The second-order valence-electron chi connectivity index (χ2n) is 4.34. The van der Waals surface area contributed by atoms with Crippen LogP contribution in [-0.4, -0.2) is 24.0 Å². The molecule has 0 atom stereocenters. The third-order valence-corrected chi connectivity index (χ3v) is 3.44. The molecule has 1 aromatic rings. The van der Waals surface area contributed by atoms with Crippen molar-refractivity contribution in [1.29, 1.82) is 0 Å². The van der Waals surface area contributed by atoms with E-state index in [2.05, 4.69) is 6.08 Å². The summed E-state index contributed by atoms with van der Waals surface area (Å²) in [5.74, 6) is 0.909. The average Bonchev–Trinajstić information content (AvgIpc) is 2.39. The molecule has 0 spiro atoms. The number of allylic oxidation sites excluding steroid dienone is 1. The van der Waals surface area contributed by atoms with Gasteiger partial charge >= 0.3 is 0 Å². The average molecular weight is 280 g/mol. The molecule has 0 N–H and O–H groups in total. The normalized spacial score (nSPS) is 15.4. The summed E-state index contributed by atoms with van der Waals surface area (Å²) in [6, 6.07) is 5.60. The first-order chi connectivity index (χ1) is 9.17. The summed E-state index contributed by atoms with van der Waals surface area (Å²) >= 11 is 6.31. The number of carbonyl (C=O) groups is 1. The Morgan fingerprint density at radius 3 is 2.79 bits per heavy atom. The zero-order valence-corrected chi connectivity index (χ0v) is 12.0. The number of carbonyl (C=O) groups excluding carboxylic acids is 1. The van der Waals surface area contributed by atoms with Crippen LogP contribution in [0.4, 0.5) is 0 Å². The maximum absolute atomic E-state index is 11.9. The summed E-state index contributed by atoms with van der Waals surface area (Å²) in [5, 5.41) is 0.616. The fraction of sp³-hybridized carbons (Fsp3) is 0.400. The fourth-order valence-electron chi connectivity index (χ4n) is 2.27. The lowest BCUT2D eigenvalue weighted by atomic mass is 10.0. The number of benzene rings is 1. The highest BCUT2D eigenvalue weighted by molar-refractivity contribution is 6.32. The van der Waals surface area contributed by atoms with Crippen molar-refractivity contribution in [1.82, 2.24) is 4.90 Å². The lowest BCUT2D eigenvalue weighted by Crippen LogP contribution is -2.31. The maximum atomic E-state index is 11.9. The third kappa shape index (κ3) is 2.92. The molecule has 1 aliphatic rings. The zero-order chi connectivity index (χ0) is 13.8. The van der Waals surface area contributed by atoms with Crippen LogP contribution >= 0.6 is 11.6 Å². The summed E-state index contributed by atoms with van der Waals surface area (Å²) in [6.45, 7) is 5.18. The minimum Gasteiger partial charge on any atom is -0.494 e. The van der Waals surface area contributed by atoms with Gasteiger partial charge in [0.2, 0.25) is 5.91 Å². The van der Waals surface area contributed by atoms with Gasteiger partial charge in [-0.2, -0.15) is 0 Å². The van der Waals surface area contributed by atoms with E-state index in [0.717, 1.165) is 23.4 Å². The smallest absolute Gasteiger partial charge is 0.227 e. The number of halogens is 1. The van der Waals surface area contributed by atoms with Crippen molar-refractivity contribution in [3.63, 3.8) is 0 Å². The molecular formula is C15H18ClNO2. The molecule has 1 aliphatic heterocycles. The summed E-state index contributed by atoms with van der Waals surface area (Å²) < 4.78 is 5.42. The highest BCUT2D eigenvalue weighted by Crippen LogP contribution is 2.32. The summed E-state index contributed by atoms with van der Waals surface area (Å²) in [5.41, 5.74) is 1.80. The van der Waals surface area contributed by atoms with Gasteiger partial charge in [0.15, 0.2) is 0 Å². The topological polar surface area (TPSA) is 29.5 Å². The molecule has 0 unspecified atom stereocenters. The second kappa shape index (κ2) is 6.11. The Morgan fingerprint density at radius 2 is 2.16 bits per heavy atom. The van der Waals surface area contributed by atoms with Gasteiger partial charge in [-0.3, -0.25) is 4.79 Å². The van der Waals surface area contributed by atoms with Gasteiger partial charge in [-0.05, 0) is 38.5 Å². The van der Waals surface area contributed by atoms with E-state index in [9.17, 15) is 4.79 Å². The first-order valence-electron chi connectivity index (χ1n) is 6.60. The Bertz CT molecular complexity index is 511. The SMILES string of the molecule is CCOc1ccc(C2=CCCC(=O)N2CC)c(Cl)c1. The van der Waals surface area contributed by atoms with Crippen LogP contribution in [0.3, 0.4) is 0 Å². The fourth-order valence-corrected chi connectivity index (χ4v) is 2.54. The van der Waals surface area contributed by atoms with Crippen molar-refractivity contribution in [3.05, 3.63) is 34.9 Å². The van der Waals surface area contributed by atoms with Crippen LogP contribution in [0.25, 0.3) is 5.70 Å². The van der Waals surface area contributed by atoms with Crippen LogP contribution in [0.5, 0.6) is 5.75 Å². The van der Waals surface area contributed by atoms with E-state index in [1.807, 2.05) is 26.0 Å². The monoisotopic (exact) mass is 279 g/mol. The molecule has 0 aromatic heterocycles. The van der Waals surface area contributed by atoms with Gasteiger partial charge in [0.1, 0.15) is 5.75 Å². The molecule has 19 heavy (non-hydrogen) atoms. The van der Waals surface area contributed by atoms with Crippen LogP contribution in [0.1, 0.15) is 32.3 Å². The molecule has 2 rings (SSSR count). The maximum Gasteiger partial charge on any atom is 0.227 e. The van der Waals surface area contributed by atoms with Gasteiger partial charge in [-0.25, -0.2) is 0 Å². The van der Waals surface area contributed by atoms with E-state index < -0.39 is 0 Å². The zero-order valence-electron chi connectivity index (χ0n) is 11.3. The Labute approximate surface area is 118 Å². The first kappa shape index (κ1) is 13.9. The van der Waals surface area contributed by atoms with Crippen molar-refractivity contribution in [2.24, 2.45) is 0 Å². The summed E-state index contributed by atoms with van der Waals surface area (Å²) in [7, 11) is 0. The Morgan fingerprint density at radius 1 is 1.37 bits per heavy atom. The summed E-state index contributed by atoms with van der Waals surface area (Å²) in [4.78, 5) is 13.7. The van der Waals surface area contributed by atoms with Gasteiger partial charge in [0, 0.05) is 24.2 Å². The second-order valence-corrected chi connectivity index (χ2v) is 4.75. The van der Waals surface area contributed by atoms with Gasteiger partial charge in [-0.1, -0.05) is 17.7 Å². The van der Waals surface area contributed by atoms with Crippen LogP contribution < -0.4 is 4.74 Å². The Balaban J connectivity index is 2.35. The molecule has 102 valence electrons. The highest BCUT2D eigenvalue weighted by Gasteiger charge is 2.22. The van der Waals surface area contributed by atoms with Gasteiger partial charge < -0.3 is 9.64 Å². The van der Waals surface area contributed by atoms with E-state index in [-0.39, 0.29) is 5.91 Å². The molecule has 1 aromatic carbocycles. The third-order valence-electron chi connectivity index (χ3n) is 3.13. The molecule has 0 fully saturated rings. The number of rotatable bonds is 4. The van der Waals surface area contributed by atoms with Gasteiger partial charge in [0.05, 0.1) is 11.6 Å². The Kier molecular flexibility index (Phi) is 4.48. The molecule has 0 radical (unpaired) electrons. The number of nitrogens with zero attached hydrogens (tertiary/aromatic N) is 1. The minimum absolute atomic E-state index is 0.157. The number of ether oxygens (including phenoxy) is 1. The largest absolute Gasteiger partial charge is 0.494 e. The van der Waals surface area contributed by atoms with Crippen molar-refractivity contribution >= 4 is 23.2 Å². The van der Waals surface area contributed by atoms with E-state index >= 15 is 0 Å². The van der Waals surface area contributed by atoms with Gasteiger partial charge in [0.25, 0.3) is 0 Å². The van der Waals surface area contributed by atoms with Gasteiger partial charge in [-0.15, -0.1) is 0 Å². The predicted molar refractivity (Wildman–Crippen MR) is 77.2 cm³/mol. The van der Waals surface area contributed by atoms with Crippen LogP contribution in [0.2, 0.25) is 5.02 Å². The van der Waals surface area contributed by atoms with E-state index in [1.165, 1.54) is 0 Å². The quantitative estimate of drug-likeness (QED) is 0.841. The lowest BCUT2D eigenvalue weighted by molar-refractivity contribution is -0.128. The highest BCUT2D eigenvalue weighted by atomic mass is 35.5. The van der Waals surface area contributed by atoms with Crippen molar-refractivity contribution in [2.45, 2.75) is 26.7 Å². The molecular weight excluding hydrogens is 262 g/mol. The van der Waals surface area contributed by atoms with E-state index in [0.29, 0.717) is 24.6 Å². The molecule has 1 heterocycles. The first-order valence-corrected chi connectivity index (χ1v) is 6.98. The molecule has 0 saturated carbocycles. The Hall–Kier alpha value is -1.48. The molecule has 0 saturated heterocycles. The van der Waals surface area contributed by atoms with Crippen LogP contribution in [-0.2, 0) is 4.79 Å². The molecule has 0 aliphatic carbocycles. The predicted octanol–water partition coefficient (Wildman–Crippen LogP) is 3.72. The molecule has 0 bridgehead atoms. The number of hydrogen-bond donors (Lipinski definition) is 0. The van der Waals surface area contributed by atoms with E-state index in [1.54, 1.807) is 11.0 Å². The van der Waals surface area contributed by atoms with Crippen molar-refractivity contribution < 1.29 is 9.53 Å². The van der Waals surface area contributed by atoms with Crippen LogP contribution in [0.15, 0.2) is 24.3 Å². The van der Waals surface area contributed by atoms with Crippen LogP contribution in [0, 0.1) is 0 Å².